The molecule has 0 bridgehead atoms. The lowest BCUT2D eigenvalue weighted by Crippen LogP contribution is -2.10. The lowest BCUT2D eigenvalue weighted by Gasteiger charge is -2.13. The molecule has 0 atom stereocenters. The molecule has 0 aliphatic carbocycles. The molecule has 2 N–H and O–H groups in total. The van der Waals surface area contributed by atoms with Crippen LogP contribution in [0.4, 0.5) is 0 Å². The highest BCUT2D eigenvalue weighted by Crippen LogP contribution is 2.28. The van der Waals surface area contributed by atoms with Gasteiger partial charge in [0.1, 0.15) is 24.7 Å². The second-order valence-electron chi connectivity index (χ2n) is 4.90. The van der Waals surface area contributed by atoms with E-state index in [9.17, 15) is 0 Å². The third-order valence-electron chi connectivity index (χ3n) is 3.33. The molecule has 0 saturated carbocycles. The van der Waals surface area contributed by atoms with Gasteiger partial charge in [0.15, 0.2) is 11.5 Å². The van der Waals surface area contributed by atoms with Gasteiger partial charge in [0, 0.05) is 0 Å². The summed E-state index contributed by atoms with van der Waals surface area (Å²) in [5.41, 5.74) is 6.71. The van der Waals surface area contributed by atoms with E-state index in [0.717, 1.165) is 23.5 Å². The molecule has 0 radical (unpaired) electrons. The van der Waals surface area contributed by atoms with Crippen LogP contribution in [0.3, 0.4) is 0 Å². The number of nitrogens with two attached hydrogens (primary N) is 1. The van der Waals surface area contributed by atoms with E-state index in [2.05, 4.69) is 0 Å². The topological polar surface area (TPSA) is 62.9 Å². The summed E-state index contributed by atoms with van der Waals surface area (Å²) < 4.78 is 21.8. The van der Waals surface area contributed by atoms with Gasteiger partial charge in [-0.1, -0.05) is 6.07 Å². The summed E-state index contributed by atoms with van der Waals surface area (Å²) in [6.07, 6.45) is 0.808. The van der Waals surface area contributed by atoms with Gasteiger partial charge in [0.05, 0.1) is 14.2 Å². The third kappa shape index (κ3) is 5.07. The maximum atomic E-state index is 5.77. The third-order valence-corrected chi connectivity index (χ3v) is 3.33. The highest BCUT2D eigenvalue weighted by Gasteiger charge is 2.06. The predicted molar refractivity (Wildman–Crippen MR) is 89.7 cm³/mol. The molecule has 0 unspecified atom stereocenters. The Balaban J connectivity index is 1.86. The lowest BCUT2D eigenvalue weighted by molar-refractivity contribution is 0.211. The molecule has 23 heavy (non-hydrogen) atoms. The van der Waals surface area contributed by atoms with Gasteiger partial charge < -0.3 is 24.7 Å². The van der Waals surface area contributed by atoms with Crippen molar-refractivity contribution in [2.24, 2.45) is 5.73 Å². The van der Waals surface area contributed by atoms with Crippen LogP contribution in [0.25, 0.3) is 0 Å². The monoisotopic (exact) mass is 317 g/mol. The number of ether oxygens (including phenoxy) is 4. The molecule has 0 spiro atoms. The largest absolute Gasteiger partial charge is 0.497 e. The van der Waals surface area contributed by atoms with Crippen molar-refractivity contribution in [3.05, 3.63) is 48.0 Å². The summed E-state index contributed by atoms with van der Waals surface area (Å²) in [6.45, 7) is 1.47. The first-order valence-corrected chi connectivity index (χ1v) is 7.53. The molecule has 0 saturated heterocycles. The fourth-order valence-electron chi connectivity index (χ4n) is 2.14. The van der Waals surface area contributed by atoms with Crippen molar-refractivity contribution in [1.82, 2.24) is 0 Å². The summed E-state index contributed by atoms with van der Waals surface area (Å²) in [4.78, 5) is 0. The molecule has 0 heterocycles. The minimum absolute atomic E-state index is 0.425. The quantitative estimate of drug-likeness (QED) is 0.720. The van der Waals surface area contributed by atoms with Crippen LogP contribution >= 0.6 is 0 Å². The van der Waals surface area contributed by atoms with E-state index in [1.807, 2.05) is 42.5 Å². The zero-order chi connectivity index (χ0) is 16.5. The standard InChI is InChI=1S/C18H23NO4/c1-20-15-4-6-16(7-5-15)22-11-12-23-18-13-14(9-10-19)3-8-17(18)21-2/h3-8,13H,9-12,19H2,1-2H3. The van der Waals surface area contributed by atoms with Crippen LogP contribution in [-0.4, -0.2) is 34.0 Å². The van der Waals surface area contributed by atoms with Crippen LogP contribution in [0.1, 0.15) is 5.56 Å². The molecule has 0 amide bonds. The second kappa shape index (κ2) is 8.90. The molecule has 2 rings (SSSR count). The molecule has 0 aromatic heterocycles. The van der Waals surface area contributed by atoms with Gasteiger partial charge in [0.2, 0.25) is 0 Å². The summed E-state index contributed by atoms with van der Waals surface area (Å²) in [5, 5.41) is 0. The van der Waals surface area contributed by atoms with Gasteiger partial charge in [-0.05, 0) is 54.9 Å². The first kappa shape index (κ1) is 17.0. The smallest absolute Gasteiger partial charge is 0.161 e. The van der Waals surface area contributed by atoms with Crippen molar-refractivity contribution in [2.75, 3.05) is 34.0 Å². The van der Waals surface area contributed by atoms with Crippen molar-refractivity contribution >= 4 is 0 Å². The Bertz CT molecular complexity index is 598. The highest BCUT2D eigenvalue weighted by molar-refractivity contribution is 5.43. The first-order valence-electron chi connectivity index (χ1n) is 7.53. The van der Waals surface area contributed by atoms with Crippen LogP contribution in [0.2, 0.25) is 0 Å². The van der Waals surface area contributed by atoms with E-state index in [1.54, 1.807) is 14.2 Å². The zero-order valence-corrected chi connectivity index (χ0v) is 13.6. The molecular formula is C18H23NO4. The Morgan fingerprint density at radius 1 is 0.783 bits per heavy atom. The predicted octanol–water partition coefficient (Wildman–Crippen LogP) is 2.66. The molecular weight excluding hydrogens is 294 g/mol. The Hall–Kier alpha value is -2.40. The molecule has 5 heteroatoms. The second-order valence-corrected chi connectivity index (χ2v) is 4.90. The highest BCUT2D eigenvalue weighted by atomic mass is 16.5. The van der Waals surface area contributed by atoms with Gasteiger partial charge in [-0.15, -0.1) is 0 Å². The van der Waals surface area contributed by atoms with Crippen molar-refractivity contribution in [3.63, 3.8) is 0 Å². The average molecular weight is 317 g/mol. The molecule has 2 aromatic rings. The minimum Gasteiger partial charge on any atom is -0.497 e. The molecule has 5 nitrogen and oxygen atoms in total. The van der Waals surface area contributed by atoms with E-state index in [4.69, 9.17) is 24.7 Å². The zero-order valence-electron chi connectivity index (χ0n) is 13.6. The van der Waals surface area contributed by atoms with E-state index < -0.39 is 0 Å². The van der Waals surface area contributed by atoms with E-state index in [0.29, 0.717) is 31.3 Å². The minimum atomic E-state index is 0.425. The Morgan fingerprint density at radius 3 is 2.13 bits per heavy atom. The Labute approximate surface area is 136 Å². The van der Waals surface area contributed by atoms with Crippen molar-refractivity contribution in [1.29, 1.82) is 0 Å². The first-order chi connectivity index (χ1) is 11.3. The number of benzene rings is 2. The SMILES string of the molecule is COc1ccc(OCCOc2cc(CCN)ccc2OC)cc1. The molecule has 0 aliphatic rings. The van der Waals surface area contributed by atoms with Crippen LogP contribution in [0.5, 0.6) is 23.0 Å². The maximum Gasteiger partial charge on any atom is 0.161 e. The van der Waals surface area contributed by atoms with Gasteiger partial charge in [-0.2, -0.15) is 0 Å². The summed E-state index contributed by atoms with van der Waals surface area (Å²) in [5.74, 6) is 2.99. The fraction of sp³-hybridized carbons (Fsp3) is 0.333. The number of methoxy groups -OCH3 is 2. The summed E-state index contributed by atoms with van der Waals surface area (Å²) in [7, 11) is 3.26. The van der Waals surface area contributed by atoms with Crippen LogP contribution < -0.4 is 24.7 Å². The Morgan fingerprint density at radius 2 is 1.48 bits per heavy atom. The van der Waals surface area contributed by atoms with Gasteiger partial charge in [0.25, 0.3) is 0 Å². The molecule has 0 fully saturated rings. The van der Waals surface area contributed by atoms with E-state index >= 15 is 0 Å². The van der Waals surface area contributed by atoms with Gasteiger partial charge in [-0.25, -0.2) is 0 Å². The number of rotatable bonds is 9. The maximum absolute atomic E-state index is 5.77. The number of hydrogen-bond donors (Lipinski definition) is 1. The van der Waals surface area contributed by atoms with Gasteiger partial charge >= 0.3 is 0 Å². The molecule has 2 aromatic carbocycles. The van der Waals surface area contributed by atoms with Crippen molar-refractivity contribution in [3.8, 4) is 23.0 Å². The molecule has 124 valence electrons. The van der Waals surface area contributed by atoms with Crippen LogP contribution in [0.15, 0.2) is 42.5 Å². The summed E-state index contributed by atoms with van der Waals surface area (Å²) in [6, 6.07) is 13.3. The van der Waals surface area contributed by atoms with Crippen LogP contribution in [0, 0.1) is 0 Å². The van der Waals surface area contributed by atoms with E-state index in [-0.39, 0.29) is 0 Å². The normalized spacial score (nSPS) is 10.2. The summed E-state index contributed by atoms with van der Waals surface area (Å²) >= 11 is 0. The fourth-order valence-corrected chi connectivity index (χ4v) is 2.14. The van der Waals surface area contributed by atoms with Crippen LogP contribution in [-0.2, 0) is 6.42 Å². The number of hydrogen-bond acceptors (Lipinski definition) is 5. The Kier molecular flexibility index (Phi) is 6.56. The lowest BCUT2D eigenvalue weighted by atomic mass is 10.1. The average Bonchev–Trinajstić information content (AvgIpc) is 2.60. The molecule has 0 aliphatic heterocycles. The van der Waals surface area contributed by atoms with E-state index in [1.165, 1.54) is 0 Å². The van der Waals surface area contributed by atoms with Crippen molar-refractivity contribution < 1.29 is 18.9 Å². The van der Waals surface area contributed by atoms with Crippen molar-refractivity contribution in [2.45, 2.75) is 6.42 Å². The van der Waals surface area contributed by atoms with Gasteiger partial charge in [-0.3, -0.25) is 0 Å².